The average molecular weight is 273 g/mol. The highest BCUT2D eigenvalue weighted by Crippen LogP contribution is 2.28. The van der Waals surface area contributed by atoms with Crippen LogP contribution in [0.15, 0.2) is 0 Å². The Morgan fingerprint density at radius 1 is 1.50 bits per heavy atom. The second-order valence-corrected chi connectivity index (χ2v) is 3.86. The van der Waals surface area contributed by atoms with Crippen LogP contribution in [0.2, 0.25) is 0 Å². The molecule has 0 saturated carbocycles. The molecule has 0 aromatic heterocycles. The number of hydrogen-bond donors (Lipinski definition) is 2. The molecule has 18 heavy (non-hydrogen) atoms. The van der Waals surface area contributed by atoms with Gasteiger partial charge in [0.1, 0.15) is 12.2 Å². The van der Waals surface area contributed by atoms with E-state index in [1.54, 1.807) is 0 Å². The van der Waals surface area contributed by atoms with E-state index in [1.165, 1.54) is 7.11 Å². The van der Waals surface area contributed by atoms with Gasteiger partial charge in [-0.1, -0.05) is 0 Å². The van der Waals surface area contributed by atoms with Crippen LogP contribution < -0.4 is 0 Å². The van der Waals surface area contributed by atoms with Crippen LogP contribution in [-0.4, -0.2) is 72.5 Å². The highest BCUT2D eigenvalue weighted by Gasteiger charge is 2.51. The summed E-state index contributed by atoms with van der Waals surface area (Å²) in [6.07, 6.45) is -8.85. The minimum atomic E-state index is -5.06. The van der Waals surface area contributed by atoms with Crippen molar-refractivity contribution in [2.24, 2.45) is 0 Å². The zero-order valence-corrected chi connectivity index (χ0v) is 9.72. The highest BCUT2D eigenvalue weighted by molar-refractivity contribution is 5.82. The van der Waals surface area contributed by atoms with E-state index in [4.69, 9.17) is 14.6 Å². The monoisotopic (exact) mass is 273 g/mol. The first-order valence-corrected chi connectivity index (χ1v) is 5.05. The normalized spacial score (nSPS) is 32.6. The molecular formula is C9H14F3NO5. The summed E-state index contributed by atoms with van der Waals surface area (Å²) in [7, 11) is 2.07. The van der Waals surface area contributed by atoms with Crippen molar-refractivity contribution in [2.45, 2.75) is 30.7 Å². The van der Waals surface area contributed by atoms with Gasteiger partial charge in [0.15, 0.2) is 6.29 Å². The predicted molar refractivity (Wildman–Crippen MR) is 51.4 cm³/mol. The van der Waals surface area contributed by atoms with Gasteiger partial charge in [0, 0.05) is 14.2 Å². The summed E-state index contributed by atoms with van der Waals surface area (Å²) in [6, 6.07) is -1.32. The number of alkyl halides is 3. The number of aliphatic hydroxyl groups is 2. The first-order valence-electron chi connectivity index (χ1n) is 5.05. The zero-order chi connectivity index (χ0) is 14.1. The van der Waals surface area contributed by atoms with E-state index < -0.39 is 43.2 Å². The number of amides is 1. The van der Waals surface area contributed by atoms with Crippen molar-refractivity contribution < 1.29 is 37.7 Å². The minimum absolute atomic E-state index is 0.310. The summed E-state index contributed by atoms with van der Waals surface area (Å²) in [5, 5.41) is 18.7. The number of methoxy groups -OCH3 is 1. The molecule has 1 rings (SSSR count). The second kappa shape index (κ2) is 5.39. The number of likely N-dealkylation sites (N-methyl/N-ethyl adjacent to an activating group) is 1. The minimum Gasteiger partial charge on any atom is -0.394 e. The average Bonchev–Trinajstić information content (AvgIpc) is 2.62. The Labute approximate surface area is 101 Å². The Kier molecular flexibility index (Phi) is 4.54. The number of rotatable bonds is 3. The van der Waals surface area contributed by atoms with Gasteiger partial charge >= 0.3 is 12.1 Å². The van der Waals surface area contributed by atoms with Gasteiger partial charge < -0.3 is 24.6 Å². The van der Waals surface area contributed by atoms with Crippen LogP contribution in [-0.2, 0) is 14.3 Å². The Morgan fingerprint density at radius 3 is 2.44 bits per heavy atom. The molecule has 4 atom stereocenters. The van der Waals surface area contributed by atoms with Gasteiger partial charge in [0.25, 0.3) is 0 Å². The van der Waals surface area contributed by atoms with Crippen molar-refractivity contribution in [2.75, 3.05) is 20.8 Å². The number of nitrogens with zero attached hydrogens (tertiary/aromatic N) is 1. The Balaban J connectivity index is 2.89. The van der Waals surface area contributed by atoms with Gasteiger partial charge in [-0.05, 0) is 0 Å². The third-order valence-corrected chi connectivity index (χ3v) is 2.74. The van der Waals surface area contributed by atoms with Crippen LogP contribution in [0.4, 0.5) is 13.2 Å². The van der Waals surface area contributed by atoms with E-state index in [9.17, 15) is 23.1 Å². The van der Waals surface area contributed by atoms with Gasteiger partial charge in [-0.3, -0.25) is 4.79 Å². The van der Waals surface area contributed by atoms with Gasteiger partial charge in [-0.25, -0.2) is 0 Å². The fourth-order valence-corrected chi connectivity index (χ4v) is 1.87. The lowest BCUT2D eigenvalue weighted by Gasteiger charge is -2.29. The van der Waals surface area contributed by atoms with Crippen molar-refractivity contribution in [3.63, 3.8) is 0 Å². The van der Waals surface area contributed by atoms with Crippen molar-refractivity contribution >= 4 is 5.91 Å². The number of hydrogen-bond acceptors (Lipinski definition) is 5. The summed E-state index contributed by atoms with van der Waals surface area (Å²) >= 11 is 0. The van der Waals surface area contributed by atoms with E-state index in [-0.39, 0.29) is 0 Å². The Bertz CT molecular complexity index is 309. The maximum absolute atomic E-state index is 12.3. The summed E-state index contributed by atoms with van der Waals surface area (Å²) in [5.74, 6) is -2.12. The molecule has 0 radical (unpaired) electrons. The lowest BCUT2D eigenvalue weighted by Crippen LogP contribution is -2.53. The van der Waals surface area contributed by atoms with Crippen LogP contribution in [0.5, 0.6) is 0 Å². The maximum atomic E-state index is 12.3. The molecule has 0 aromatic rings. The maximum Gasteiger partial charge on any atom is 0.471 e. The quantitative estimate of drug-likeness (QED) is 0.696. The molecule has 0 aromatic carbocycles. The standard InChI is InChI=1S/C9H14F3NO5/c1-13(8(16)9(10,11)12)5-4(3-14)18-7(17-2)6(5)15/h4-7,14-15H,3H2,1-2H3. The Hall–Kier alpha value is -0.900. The SMILES string of the molecule is COC1OC(CO)C(N(C)C(=O)C(F)(F)F)C1O. The molecule has 0 bridgehead atoms. The van der Waals surface area contributed by atoms with Gasteiger partial charge in [0.2, 0.25) is 0 Å². The molecule has 6 nitrogen and oxygen atoms in total. The molecule has 2 N–H and O–H groups in total. The van der Waals surface area contributed by atoms with Crippen molar-refractivity contribution in [3.8, 4) is 0 Å². The lowest BCUT2D eigenvalue weighted by molar-refractivity contribution is -0.188. The zero-order valence-electron chi connectivity index (χ0n) is 9.72. The molecule has 9 heteroatoms. The van der Waals surface area contributed by atoms with Crippen LogP contribution >= 0.6 is 0 Å². The van der Waals surface area contributed by atoms with E-state index in [0.717, 1.165) is 7.05 Å². The van der Waals surface area contributed by atoms with E-state index in [2.05, 4.69) is 0 Å². The second-order valence-electron chi connectivity index (χ2n) is 3.86. The number of carbonyl (C=O) groups is 1. The lowest BCUT2D eigenvalue weighted by atomic mass is 10.1. The Morgan fingerprint density at radius 2 is 2.06 bits per heavy atom. The van der Waals surface area contributed by atoms with E-state index in [0.29, 0.717) is 4.90 Å². The van der Waals surface area contributed by atoms with Crippen LogP contribution in [0.3, 0.4) is 0 Å². The molecule has 4 unspecified atom stereocenters. The molecule has 0 spiro atoms. The topological polar surface area (TPSA) is 79.2 Å². The molecule has 106 valence electrons. The van der Waals surface area contributed by atoms with Gasteiger partial charge in [-0.2, -0.15) is 13.2 Å². The van der Waals surface area contributed by atoms with E-state index >= 15 is 0 Å². The summed E-state index contributed by atoms with van der Waals surface area (Å²) in [6.45, 7) is -0.642. The third kappa shape index (κ3) is 2.74. The van der Waals surface area contributed by atoms with Crippen molar-refractivity contribution in [3.05, 3.63) is 0 Å². The highest BCUT2D eigenvalue weighted by atomic mass is 19.4. The van der Waals surface area contributed by atoms with Crippen LogP contribution in [0.1, 0.15) is 0 Å². The first-order chi connectivity index (χ1) is 8.23. The summed E-state index contributed by atoms with van der Waals surface area (Å²) < 4.78 is 46.5. The van der Waals surface area contributed by atoms with Gasteiger partial charge in [-0.15, -0.1) is 0 Å². The third-order valence-electron chi connectivity index (χ3n) is 2.74. The molecule has 1 aliphatic heterocycles. The molecule has 1 saturated heterocycles. The number of halogens is 3. The first kappa shape index (κ1) is 15.2. The van der Waals surface area contributed by atoms with Crippen molar-refractivity contribution in [1.29, 1.82) is 0 Å². The predicted octanol–water partition coefficient (Wildman–Crippen LogP) is -0.900. The number of ether oxygens (including phenoxy) is 2. The van der Waals surface area contributed by atoms with Gasteiger partial charge in [0.05, 0.1) is 12.6 Å². The molecule has 1 fully saturated rings. The fourth-order valence-electron chi connectivity index (χ4n) is 1.87. The largest absolute Gasteiger partial charge is 0.471 e. The molecule has 1 heterocycles. The summed E-state index contributed by atoms with van der Waals surface area (Å²) in [5.41, 5.74) is 0. The van der Waals surface area contributed by atoms with Crippen molar-refractivity contribution in [1.82, 2.24) is 4.90 Å². The molecule has 1 aliphatic rings. The number of aliphatic hydroxyl groups excluding tert-OH is 2. The van der Waals surface area contributed by atoms with Crippen LogP contribution in [0.25, 0.3) is 0 Å². The fraction of sp³-hybridized carbons (Fsp3) is 0.889. The molecular weight excluding hydrogens is 259 g/mol. The molecule has 1 amide bonds. The summed E-state index contributed by atoms with van der Waals surface area (Å²) in [4.78, 5) is 11.4. The molecule has 0 aliphatic carbocycles. The van der Waals surface area contributed by atoms with E-state index in [1.807, 2.05) is 0 Å². The smallest absolute Gasteiger partial charge is 0.394 e. The number of carbonyl (C=O) groups excluding carboxylic acids is 1. The van der Waals surface area contributed by atoms with Crippen LogP contribution in [0, 0.1) is 0 Å².